The second kappa shape index (κ2) is 8.17. The highest BCUT2D eigenvalue weighted by atomic mass is 35.5. The van der Waals surface area contributed by atoms with E-state index < -0.39 is 5.97 Å². The van der Waals surface area contributed by atoms with Crippen LogP contribution >= 0.6 is 34.5 Å². The van der Waals surface area contributed by atoms with Gasteiger partial charge >= 0.3 is 5.97 Å². The number of thiophene rings is 1. The normalized spacial score (nSPS) is 10.3. The van der Waals surface area contributed by atoms with E-state index in [1.165, 1.54) is 23.1 Å². The molecule has 1 aromatic heterocycles. The quantitative estimate of drug-likeness (QED) is 0.804. The molecule has 0 aliphatic heterocycles. The third-order valence-electron chi connectivity index (χ3n) is 2.71. The van der Waals surface area contributed by atoms with Crippen molar-refractivity contribution in [2.45, 2.75) is 6.42 Å². The predicted molar refractivity (Wildman–Crippen MR) is 87.8 cm³/mol. The number of hydrogen-bond acceptors (Lipinski definition) is 4. The molecule has 1 heterocycles. The van der Waals surface area contributed by atoms with Gasteiger partial charge in [-0.3, -0.25) is 4.79 Å². The molecule has 0 spiro atoms. The maximum atomic E-state index is 11.8. The number of hydrogen-bond donors (Lipinski definition) is 1. The van der Waals surface area contributed by atoms with Crippen molar-refractivity contribution in [3.05, 3.63) is 56.2 Å². The summed E-state index contributed by atoms with van der Waals surface area (Å²) in [5, 5.41) is 5.34. The van der Waals surface area contributed by atoms with E-state index in [4.69, 9.17) is 27.9 Å². The molecule has 7 heteroatoms. The Bertz CT molecular complexity index is 639. The van der Waals surface area contributed by atoms with Gasteiger partial charge in [0.05, 0.1) is 5.56 Å². The molecular formula is C15H13Cl2NO3S. The zero-order valence-electron chi connectivity index (χ0n) is 11.5. The van der Waals surface area contributed by atoms with Crippen LogP contribution in [0.15, 0.2) is 35.7 Å². The Kier molecular flexibility index (Phi) is 6.24. The van der Waals surface area contributed by atoms with E-state index in [1.807, 2.05) is 17.5 Å². The highest BCUT2D eigenvalue weighted by Crippen LogP contribution is 2.19. The monoisotopic (exact) mass is 357 g/mol. The van der Waals surface area contributed by atoms with Crippen molar-refractivity contribution in [3.8, 4) is 0 Å². The molecule has 116 valence electrons. The van der Waals surface area contributed by atoms with E-state index >= 15 is 0 Å². The zero-order valence-corrected chi connectivity index (χ0v) is 13.8. The van der Waals surface area contributed by atoms with Crippen LogP contribution in [0.4, 0.5) is 0 Å². The fourth-order valence-corrected chi connectivity index (χ4v) is 2.95. The number of amides is 1. The highest BCUT2D eigenvalue weighted by molar-refractivity contribution is 7.09. The second-order valence-corrected chi connectivity index (χ2v) is 6.32. The van der Waals surface area contributed by atoms with Gasteiger partial charge in [-0.2, -0.15) is 0 Å². The Morgan fingerprint density at radius 1 is 1.18 bits per heavy atom. The van der Waals surface area contributed by atoms with Gasteiger partial charge in [0, 0.05) is 21.5 Å². The van der Waals surface area contributed by atoms with Crippen LogP contribution in [0, 0.1) is 0 Å². The van der Waals surface area contributed by atoms with Gasteiger partial charge in [-0.05, 0) is 36.1 Å². The summed E-state index contributed by atoms with van der Waals surface area (Å²) in [6.45, 7) is 0.160. The molecule has 0 fully saturated rings. The predicted octanol–water partition coefficient (Wildman–Crippen LogP) is 3.57. The molecule has 2 aromatic rings. The van der Waals surface area contributed by atoms with Crippen LogP contribution in [-0.2, 0) is 16.0 Å². The average Bonchev–Trinajstić information content (AvgIpc) is 2.97. The molecule has 0 bridgehead atoms. The van der Waals surface area contributed by atoms with Gasteiger partial charge in [0.2, 0.25) is 0 Å². The number of esters is 1. The summed E-state index contributed by atoms with van der Waals surface area (Å²) in [5.74, 6) is -0.990. The number of carbonyl (C=O) groups is 2. The molecule has 0 aliphatic rings. The van der Waals surface area contributed by atoms with Gasteiger partial charge in [0.25, 0.3) is 5.91 Å². The molecule has 0 saturated carbocycles. The summed E-state index contributed by atoms with van der Waals surface area (Å²) in [5.41, 5.74) is 0.212. The van der Waals surface area contributed by atoms with Crippen LogP contribution in [0.2, 0.25) is 10.0 Å². The molecule has 1 N–H and O–H groups in total. The summed E-state index contributed by atoms with van der Waals surface area (Å²) in [6.07, 6.45) is 0.751. The van der Waals surface area contributed by atoms with Crippen LogP contribution in [0.3, 0.4) is 0 Å². The smallest absolute Gasteiger partial charge is 0.338 e. The summed E-state index contributed by atoms with van der Waals surface area (Å²) in [6, 6.07) is 8.34. The molecular weight excluding hydrogens is 345 g/mol. The largest absolute Gasteiger partial charge is 0.452 e. The summed E-state index contributed by atoms with van der Waals surface area (Å²) < 4.78 is 4.92. The van der Waals surface area contributed by atoms with Gasteiger partial charge in [-0.1, -0.05) is 29.3 Å². The first-order chi connectivity index (χ1) is 10.5. The molecule has 1 aromatic carbocycles. The lowest BCUT2D eigenvalue weighted by Crippen LogP contribution is -2.30. The molecule has 0 atom stereocenters. The fourth-order valence-electron chi connectivity index (χ4n) is 1.72. The van der Waals surface area contributed by atoms with Gasteiger partial charge in [0.1, 0.15) is 0 Å². The van der Waals surface area contributed by atoms with Crippen molar-refractivity contribution < 1.29 is 14.3 Å². The first-order valence-electron chi connectivity index (χ1n) is 6.47. The summed E-state index contributed by atoms with van der Waals surface area (Å²) >= 11 is 13.2. The Morgan fingerprint density at radius 2 is 1.91 bits per heavy atom. The van der Waals surface area contributed by atoms with Crippen LogP contribution in [-0.4, -0.2) is 25.0 Å². The first kappa shape index (κ1) is 16.8. The number of ether oxygens (including phenoxy) is 1. The SMILES string of the molecule is O=C(COC(=O)c1cc(Cl)cc(Cl)c1)NCCc1cccs1. The standard InChI is InChI=1S/C15H13Cl2NO3S/c16-11-6-10(7-12(17)8-11)15(20)21-9-14(19)18-4-3-13-2-1-5-22-13/h1-2,5-8H,3-4,9H2,(H,18,19). The molecule has 22 heavy (non-hydrogen) atoms. The third-order valence-corrected chi connectivity index (χ3v) is 4.08. The number of nitrogens with one attached hydrogen (secondary N) is 1. The topological polar surface area (TPSA) is 55.4 Å². The molecule has 2 rings (SSSR count). The van der Waals surface area contributed by atoms with Gasteiger partial charge in [0.15, 0.2) is 6.61 Å². The number of rotatable bonds is 6. The van der Waals surface area contributed by atoms with E-state index in [-0.39, 0.29) is 18.1 Å². The highest BCUT2D eigenvalue weighted by Gasteiger charge is 2.11. The van der Waals surface area contributed by atoms with E-state index in [1.54, 1.807) is 11.3 Å². The number of halogens is 2. The maximum Gasteiger partial charge on any atom is 0.338 e. The average molecular weight is 358 g/mol. The number of carbonyl (C=O) groups excluding carboxylic acids is 2. The lowest BCUT2D eigenvalue weighted by atomic mass is 10.2. The van der Waals surface area contributed by atoms with Crippen molar-refractivity contribution in [1.82, 2.24) is 5.32 Å². The maximum absolute atomic E-state index is 11.8. The van der Waals surface area contributed by atoms with Gasteiger partial charge < -0.3 is 10.1 Å². The molecule has 0 radical (unpaired) electrons. The minimum atomic E-state index is -0.641. The van der Waals surface area contributed by atoms with E-state index in [0.717, 1.165) is 6.42 Å². The Balaban J connectivity index is 1.74. The molecule has 0 unspecified atom stereocenters. The fraction of sp³-hybridized carbons (Fsp3) is 0.200. The van der Waals surface area contributed by atoms with Gasteiger partial charge in [-0.25, -0.2) is 4.79 Å². The molecule has 0 saturated heterocycles. The second-order valence-electron chi connectivity index (χ2n) is 4.41. The molecule has 0 aliphatic carbocycles. The summed E-state index contributed by atoms with van der Waals surface area (Å²) in [7, 11) is 0. The van der Waals surface area contributed by atoms with Gasteiger partial charge in [-0.15, -0.1) is 11.3 Å². The van der Waals surface area contributed by atoms with Crippen LogP contribution < -0.4 is 5.32 Å². The van der Waals surface area contributed by atoms with Crippen molar-refractivity contribution in [3.63, 3.8) is 0 Å². The van der Waals surface area contributed by atoms with Crippen LogP contribution in [0.1, 0.15) is 15.2 Å². The lowest BCUT2D eigenvalue weighted by molar-refractivity contribution is -0.124. The molecule has 1 amide bonds. The lowest BCUT2D eigenvalue weighted by Gasteiger charge is -2.06. The first-order valence-corrected chi connectivity index (χ1v) is 8.10. The van der Waals surface area contributed by atoms with E-state index in [0.29, 0.717) is 16.6 Å². The van der Waals surface area contributed by atoms with E-state index in [2.05, 4.69) is 5.32 Å². The van der Waals surface area contributed by atoms with Crippen LogP contribution in [0.5, 0.6) is 0 Å². The van der Waals surface area contributed by atoms with E-state index in [9.17, 15) is 9.59 Å². The molecule has 4 nitrogen and oxygen atoms in total. The Hall–Kier alpha value is -1.56. The van der Waals surface area contributed by atoms with Crippen molar-refractivity contribution in [2.24, 2.45) is 0 Å². The van der Waals surface area contributed by atoms with Crippen molar-refractivity contribution >= 4 is 46.4 Å². The Morgan fingerprint density at radius 3 is 2.55 bits per heavy atom. The van der Waals surface area contributed by atoms with Crippen molar-refractivity contribution in [1.29, 1.82) is 0 Å². The van der Waals surface area contributed by atoms with Crippen LogP contribution in [0.25, 0.3) is 0 Å². The number of benzene rings is 1. The summed E-state index contributed by atoms with van der Waals surface area (Å²) in [4.78, 5) is 24.6. The minimum absolute atomic E-state index is 0.212. The minimum Gasteiger partial charge on any atom is -0.452 e. The Labute approximate surface area is 142 Å². The van der Waals surface area contributed by atoms with Crippen molar-refractivity contribution in [2.75, 3.05) is 13.2 Å². The zero-order chi connectivity index (χ0) is 15.9. The third kappa shape index (κ3) is 5.33.